The molecule has 0 saturated carbocycles. The Morgan fingerprint density at radius 3 is 2.23 bits per heavy atom. The summed E-state index contributed by atoms with van der Waals surface area (Å²) < 4.78 is 24.8. The number of nitrogens with one attached hydrogen (secondary N) is 2. The maximum absolute atomic E-state index is 11.2. The Morgan fingerprint density at radius 2 is 1.77 bits per heavy atom. The van der Waals surface area contributed by atoms with Gasteiger partial charge in [-0.25, -0.2) is 8.42 Å². The second-order valence-corrected chi connectivity index (χ2v) is 8.01. The first-order valence-electron chi connectivity index (χ1n) is 7.58. The molecule has 0 aliphatic carbocycles. The molecule has 22 heavy (non-hydrogen) atoms. The number of benzene rings is 1. The lowest BCUT2D eigenvalue weighted by atomic mass is 9.88. The van der Waals surface area contributed by atoms with Gasteiger partial charge in [0.1, 0.15) is 0 Å². The van der Waals surface area contributed by atoms with Crippen LogP contribution in [0.2, 0.25) is 0 Å². The third-order valence-corrected chi connectivity index (χ3v) is 4.76. The number of rotatable bonds is 8. The van der Waals surface area contributed by atoms with E-state index in [1.54, 1.807) is 12.1 Å². The highest BCUT2D eigenvalue weighted by Gasteiger charge is 2.27. The Morgan fingerprint density at radius 1 is 1.23 bits per heavy atom. The zero-order valence-corrected chi connectivity index (χ0v) is 14.9. The van der Waals surface area contributed by atoms with Crippen LogP contribution in [0.25, 0.3) is 0 Å². The van der Waals surface area contributed by atoms with Gasteiger partial charge < -0.3 is 10.4 Å². The molecule has 0 amide bonds. The third kappa shape index (κ3) is 5.94. The molecule has 1 rings (SSSR count). The van der Waals surface area contributed by atoms with Gasteiger partial charge in [-0.05, 0) is 37.5 Å². The van der Waals surface area contributed by atoms with Crippen LogP contribution in [-0.4, -0.2) is 31.9 Å². The Hall–Kier alpha value is -1.11. The van der Waals surface area contributed by atoms with Gasteiger partial charge in [0.2, 0.25) is 10.0 Å². The predicted molar refractivity (Wildman–Crippen MR) is 91.4 cm³/mol. The highest BCUT2D eigenvalue weighted by Crippen LogP contribution is 2.21. The SMILES string of the molecule is CCC(C)C(C)(O)CNC(C)c1ccc(NS(C)(=O)=O)cc1. The zero-order valence-electron chi connectivity index (χ0n) is 14.1. The van der Waals surface area contributed by atoms with Crippen LogP contribution in [0.3, 0.4) is 0 Å². The van der Waals surface area contributed by atoms with Crippen LogP contribution in [0.15, 0.2) is 24.3 Å². The maximum Gasteiger partial charge on any atom is 0.229 e. The summed E-state index contributed by atoms with van der Waals surface area (Å²) >= 11 is 0. The molecule has 0 radical (unpaired) electrons. The highest BCUT2D eigenvalue weighted by molar-refractivity contribution is 7.92. The summed E-state index contributed by atoms with van der Waals surface area (Å²) in [6.45, 7) is 8.48. The number of hydrogen-bond donors (Lipinski definition) is 3. The van der Waals surface area contributed by atoms with Crippen molar-refractivity contribution in [2.75, 3.05) is 17.5 Å². The molecule has 0 aromatic heterocycles. The first-order chi connectivity index (χ1) is 10.0. The molecule has 3 unspecified atom stereocenters. The summed E-state index contributed by atoms with van der Waals surface area (Å²) in [5.41, 5.74) is 0.838. The quantitative estimate of drug-likeness (QED) is 0.685. The van der Waals surface area contributed by atoms with Crippen molar-refractivity contribution >= 4 is 15.7 Å². The number of aliphatic hydroxyl groups is 1. The normalized spacial score (nSPS) is 17.5. The minimum Gasteiger partial charge on any atom is -0.389 e. The lowest BCUT2D eigenvalue weighted by Gasteiger charge is -2.31. The Labute approximate surface area is 134 Å². The number of anilines is 1. The van der Waals surface area contributed by atoms with Gasteiger partial charge in [-0.15, -0.1) is 0 Å². The molecule has 0 heterocycles. The number of sulfonamides is 1. The van der Waals surface area contributed by atoms with E-state index in [0.717, 1.165) is 18.2 Å². The topological polar surface area (TPSA) is 78.4 Å². The van der Waals surface area contributed by atoms with Crippen molar-refractivity contribution in [1.82, 2.24) is 5.32 Å². The smallest absolute Gasteiger partial charge is 0.229 e. The van der Waals surface area contributed by atoms with Gasteiger partial charge in [-0.1, -0.05) is 32.4 Å². The summed E-state index contributed by atoms with van der Waals surface area (Å²) in [5.74, 6) is 0.216. The van der Waals surface area contributed by atoms with E-state index in [-0.39, 0.29) is 12.0 Å². The molecule has 3 N–H and O–H groups in total. The first kappa shape index (κ1) is 18.9. The fourth-order valence-electron chi connectivity index (χ4n) is 2.15. The fourth-order valence-corrected chi connectivity index (χ4v) is 2.71. The van der Waals surface area contributed by atoms with E-state index in [9.17, 15) is 13.5 Å². The second kappa shape index (κ2) is 7.44. The van der Waals surface area contributed by atoms with Crippen LogP contribution in [0.5, 0.6) is 0 Å². The van der Waals surface area contributed by atoms with Crippen molar-refractivity contribution in [3.05, 3.63) is 29.8 Å². The summed E-state index contributed by atoms with van der Waals surface area (Å²) in [6.07, 6.45) is 2.05. The van der Waals surface area contributed by atoms with Crippen molar-refractivity contribution in [1.29, 1.82) is 0 Å². The van der Waals surface area contributed by atoms with Crippen LogP contribution in [0.4, 0.5) is 5.69 Å². The van der Waals surface area contributed by atoms with E-state index in [2.05, 4.69) is 17.0 Å². The average molecular weight is 328 g/mol. The van der Waals surface area contributed by atoms with Crippen LogP contribution in [-0.2, 0) is 10.0 Å². The van der Waals surface area contributed by atoms with E-state index in [4.69, 9.17) is 0 Å². The highest BCUT2D eigenvalue weighted by atomic mass is 32.2. The summed E-state index contributed by atoms with van der Waals surface area (Å²) in [7, 11) is -3.25. The van der Waals surface area contributed by atoms with Crippen molar-refractivity contribution in [2.45, 2.75) is 45.8 Å². The first-order valence-corrected chi connectivity index (χ1v) is 9.48. The molecule has 3 atom stereocenters. The summed E-state index contributed by atoms with van der Waals surface area (Å²) in [5, 5.41) is 13.7. The zero-order chi connectivity index (χ0) is 17.0. The molecule has 0 saturated heterocycles. The maximum atomic E-state index is 11.2. The predicted octanol–water partition coefficient (Wildman–Crippen LogP) is 2.51. The van der Waals surface area contributed by atoms with Crippen LogP contribution in [0.1, 0.15) is 45.7 Å². The van der Waals surface area contributed by atoms with E-state index in [0.29, 0.717) is 12.2 Å². The van der Waals surface area contributed by atoms with Gasteiger partial charge >= 0.3 is 0 Å². The van der Waals surface area contributed by atoms with Crippen molar-refractivity contribution in [2.24, 2.45) is 5.92 Å². The van der Waals surface area contributed by atoms with Gasteiger partial charge in [0.05, 0.1) is 11.9 Å². The van der Waals surface area contributed by atoms with Gasteiger partial charge in [-0.2, -0.15) is 0 Å². The van der Waals surface area contributed by atoms with Gasteiger partial charge in [0, 0.05) is 18.3 Å². The Bertz CT molecular complexity index is 568. The molecule has 1 aromatic carbocycles. The molecule has 0 aliphatic heterocycles. The van der Waals surface area contributed by atoms with Crippen LogP contribution in [0, 0.1) is 5.92 Å². The molecule has 1 aromatic rings. The minimum absolute atomic E-state index is 0.0721. The summed E-state index contributed by atoms with van der Waals surface area (Å²) in [4.78, 5) is 0. The van der Waals surface area contributed by atoms with Crippen LogP contribution >= 0.6 is 0 Å². The molecule has 0 aliphatic rings. The monoisotopic (exact) mass is 328 g/mol. The third-order valence-electron chi connectivity index (χ3n) is 4.15. The van der Waals surface area contributed by atoms with Crippen molar-refractivity contribution in [3.8, 4) is 0 Å². The van der Waals surface area contributed by atoms with Gasteiger partial charge in [0.15, 0.2) is 0 Å². The lowest BCUT2D eigenvalue weighted by molar-refractivity contribution is 0.00365. The van der Waals surface area contributed by atoms with Crippen LogP contribution < -0.4 is 10.0 Å². The molecule has 0 bridgehead atoms. The van der Waals surface area contributed by atoms with E-state index < -0.39 is 15.6 Å². The largest absolute Gasteiger partial charge is 0.389 e. The standard InChI is InChI=1S/C16H28N2O3S/c1-6-12(2)16(4,19)11-17-13(3)14-7-9-15(10-8-14)18-22(5,20)21/h7-10,12-13,17-19H,6,11H2,1-5H3. The molecule has 6 heteroatoms. The molecule has 0 fully saturated rings. The lowest BCUT2D eigenvalue weighted by Crippen LogP contribution is -2.43. The summed E-state index contributed by atoms with van der Waals surface area (Å²) in [6, 6.07) is 7.30. The fraction of sp³-hybridized carbons (Fsp3) is 0.625. The Kier molecular flexibility index (Phi) is 6.40. The minimum atomic E-state index is -3.25. The molecular formula is C16H28N2O3S. The molecule has 126 valence electrons. The van der Waals surface area contributed by atoms with Gasteiger partial charge in [0.25, 0.3) is 0 Å². The molecule has 0 spiro atoms. The molecule has 5 nitrogen and oxygen atoms in total. The van der Waals surface area contributed by atoms with E-state index >= 15 is 0 Å². The Balaban J connectivity index is 2.65. The average Bonchev–Trinajstić information content (AvgIpc) is 2.43. The molecular weight excluding hydrogens is 300 g/mol. The van der Waals surface area contributed by atoms with Gasteiger partial charge in [-0.3, -0.25) is 4.72 Å². The second-order valence-electron chi connectivity index (χ2n) is 6.27. The number of hydrogen-bond acceptors (Lipinski definition) is 4. The van der Waals surface area contributed by atoms with E-state index in [1.165, 1.54) is 0 Å². The van der Waals surface area contributed by atoms with Crippen molar-refractivity contribution < 1.29 is 13.5 Å². The van der Waals surface area contributed by atoms with Crippen molar-refractivity contribution in [3.63, 3.8) is 0 Å². The van der Waals surface area contributed by atoms with E-state index in [1.807, 2.05) is 32.9 Å².